The zero-order valence-electron chi connectivity index (χ0n) is 9.89. The van der Waals surface area contributed by atoms with Gasteiger partial charge in [-0.05, 0) is 30.3 Å². The second kappa shape index (κ2) is 4.44. The van der Waals surface area contributed by atoms with Crippen molar-refractivity contribution in [1.29, 1.82) is 0 Å². The van der Waals surface area contributed by atoms with Crippen LogP contribution in [0, 0.1) is 0 Å². The lowest BCUT2D eigenvalue weighted by atomic mass is 10.0. The number of nitrogen functional groups attached to an aromatic ring is 1. The molecule has 0 saturated heterocycles. The molecule has 1 heterocycles. The van der Waals surface area contributed by atoms with Gasteiger partial charge in [0.2, 0.25) is 5.88 Å². The molecule has 2 aromatic carbocycles. The number of ketones is 1. The van der Waals surface area contributed by atoms with Crippen LogP contribution in [0.1, 0.15) is 15.9 Å². The first-order valence-corrected chi connectivity index (χ1v) is 6.12. The fraction of sp³-hybridized carbons (Fsp3) is 0. The molecule has 3 rings (SSSR count). The summed E-state index contributed by atoms with van der Waals surface area (Å²) in [5.74, 6) is -0.0275. The van der Waals surface area contributed by atoms with Crippen LogP contribution in [-0.4, -0.2) is 5.78 Å². The number of rotatable bonds is 2. The quantitative estimate of drug-likeness (QED) is 0.719. The Hall–Kier alpha value is -2.26. The Labute approximate surface area is 114 Å². The van der Waals surface area contributed by atoms with E-state index in [4.69, 9.17) is 21.8 Å². The lowest BCUT2D eigenvalue weighted by Gasteiger charge is -2.00. The molecule has 1 aromatic heterocycles. The van der Waals surface area contributed by atoms with E-state index in [0.717, 1.165) is 5.39 Å². The van der Waals surface area contributed by atoms with Crippen molar-refractivity contribution in [2.75, 3.05) is 5.73 Å². The van der Waals surface area contributed by atoms with Crippen molar-refractivity contribution >= 4 is 34.2 Å². The van der Waals surface area contributed by atoms with Gasteiger partial charge in [0.1, 0.15) is 5.58 Å². The number of halogens is 1. The van der Waals surface area contributed by atoms with Crippen LogP contribution in [0.3, 0.4) is 0 Å². The standard InChI is InChI=1S/C15H10ClNO2/c16-10-7-5-9(6-8-10)14(18)13-11-3-1-2-4-12(11)19-15(13)17/h1-8H,17H2. The summed E-state index contributed by atoms with van der Waals surface area (Å²) in [6, 6.07) is 14.0. The van der Waals surface area contributed by atoms with Gasteiger partial charge in [0, 0.05) is 16.0 Å². The Balaban J connectivity index is 2.16. The maximum Gasteiger partial charge on any atom is 0.202 e. The van der Waals surface area contributed by atoms with Crippen LogP contribution in [-0.2, 0) is 0 Å². The summed E-state index contributed by atoms with van der Waals surface area (Å²) in [5.41, 5.74) is 7.35. The second-order valence-corrected chi connectivity index (χ2v) is 4.61. The molecule has 3 nitrogen and oxygen atoms in total. The number of nitrogens with two attached hydrogens (primary N) is 1. The van der Waals surface area contributed by atoms with E-state index >= 15 is 0 Å². The Morgan fingerprint density at radius 2 is 1.74 bits per heavy atom. The topological polar surface area (TPSA) is 56.2 Å². The van der Waals surface area contributed by atoms with E-state index in [1.165, 1.54) is 0 Å². The minimum Gasteiger partial charge on any atom is -0.440 e. The number of hydrogen-bond donors (Lipinski definition) is 1. The zero-order valence-corrected chi connectivity index (χ0v) is 10.6. The van der Waals surface area contributed by atoms with Gasteiger partial charge in [-0.25, -0.2) is 0 Å². The molecule has 0 aliphatic carbocycles. The number of benzene rings is 2. The Morgan fingerprint density at radius 3 is 2.47 bits per heavy atom. The van der Waals surface area contributed by atoms with Gasteiger partial charge in [-0.15, -0.1) is 0 Å². The molecule has 19 heavy (non-hydrogen) atoms. The van der Waals surface area contributed by atoms with Crippen molar-refractivity contribution in [2.24, 2.45) is 0 Å². The van der Waals surface area contributed by atoms with E-state index in [2.05, 4.69) is 0 Å². The predicted octanol–water partition coefficient (Wildman–Crippen LogP) is 3.90. The molecule has 0 spiro atoms. The predicted molar refractivity (Wildman–Crippen MR) is 75.5 cm³/mol. The van der Waals surface area contributed by atoms with Crippen LogP contribution < -0.4 is 5.73 Å². The van der Waals surface area contributed by atoms with Crippen molar-refractivity contribution < 1.29 is 9.21 Å². The third-order valence-corrected chi connectivity index (χ3v) is 3.21. The van der Waals surface area contributed by atoms with Crippen LogP contribution in [0.5, 0.6) is 0 Å². The first-order chi connectivity index (χ1) is 9.16. The van der Waals surface area contributed by atoms with Gasteiger partial charge in [-0.1, -0.05) is 29.8 Å². The fourth-order valence-corrected chi connectivity index (χ4v) is 2.17. The first kappa shape index (κ1) is 11.8. The molecule has 4 heteroatoms. The number of carbonyl (C=O) groups excluding carboxylic acids is 1. The minimum atomic E-state index is -0.167. The van der Waals surface area contributed by atoms with Crippen molar-refractivity contribution in [3.63, 3.8) is 0 Å². The van der Waals surface area contributed by atoms with Gasteiger partial charge in [0.25, 0.3) is 0 Å². The van der Waals surface area contributed by atoms with E-state index in [9.17, 15) is 4.79 Å². The highest BCUT2D eigenvalue weighted by Gasteiger charge is 2.19. The van der Waals surface area contributed by atoms with E-state index in [0.29, 0.717) is 21.7 Å². The number of anilines is 1. The van der Waals surface area contributed by atoms with Crippen LogP contribution in [0.25, 0.3) is 11.0 Å². The van der Waals surface area contributed by atoms with Gasteiger partial charge < -0.3 is 10.2 Å². The molecular weight excluding hydrogens is 262 g/mol. The first-order valence-electron chi connectivity index (χ1n) is 5.74. The van der Waals surface area contributed by atoms with Gasteiger partial charge in [0.05, 0.1) is 5.56 Å². The molecule has 2 N–H and O–H groups in total. The van der Waals surface area contributed by atoms with Crippen LogP contribution in [0.4, 0.5) is 5.88 Å². The van der Waals surface area contributed by atoms with Crippen molar-refractivity contribution in [1.82, 2.24) is 0 Å². The summed E-state index contributed by atoms with van der Waals surface area (Å²) >= 11 is 5.81. The molecule has 0 saturated carbocycles. The van der Waals surface area contributed by atoms with Gasteiger partial charge >= 0.3 is 0 Å². The zero-order chi connectivity index (χ0) is 13.4. The van der Waals surface area contributed by atoms with E-state index in [1.807, 2.05) is 18.2 Å². The molecule has 0 atom stereocenters. The lowest BCUT2D eigenvalue weighted by Crippen LogP contribution is -2.03. The van der Waals surface area contributed by atoms with E-state index in [-0.39, 0.29) is 11.7 Å². The average Bonchev–Trinajstić information content (AvgIpc) is 2.74. The summed E-state index contributed by atoms with van der Waals surface area (Å²) in [5, 5.41) is 1.31. The van der Waals surface area contributed by atoms with Crippen LogP contribution in [0.2, 0.25) is 5.02 Å². The number of carbonyl (C=O) groups is 1. The molecule has 3 aromatic rings. The summed E-state index contributed by atoms with van der Waals surface area (Å²) < 4.78 is 5.40. The highest BCUT2D eigenvalue weighted by atomic mass is 35.5. The molecule has 0 amide bonds. The molecule has 0 radical (unpaired) electrons. The molecule has 0 fully saturated rings. The highest BCUT2D eigenvalue weighted by molar-refractivity contribution is 6.30. The number of furan rings is 1. The molecule has 0 aliphatic rings. The summed E-state index contributed by atoms with van der Waals surface area (Å²) in [6.45, 7) is 0. The highest BCUT2D eigenvalue weighted by Crippen LogP contribution is 2.29. The third-order valence-electron chi connectivity index (χ3n) is 2.96. The van der Waals surface area contributed by atoms with E-state index < -0.39 is 0 Å². The molecule has 0 unspecified atom stereocenters. The number of para-hydroxylation sites is 1. The normalized spacial score (nSPS) is 10.8. The third kappa shape index (κ3) is 1.98. The molecule has 94 valence electrons. The molecular formula is C15H10ClNO2. The summed E-state index contributed by atoms with van der Waals surface area (Å²) in [6.07, 6.45) is 0. The Bertz CT molecular complexity index is 759. The largest absolute Gasteiger partial charge is 0.440 e. The second-order valence-electron chi connectivity index (χ2n) is 4.17. The monoisotopic (exact) mass is 271 g/mol. The van der Waals surface area contributed by atoms with Crippen molar-refractivity contribution in [2.45, 2.75) is 0 Å². The van der Waals surface area contributed by atoms with Crippen LogP contribution >= 0.6 is 11.6 Å². The lowest BCUT2D eigenvalue weighted by molar-refractivity contribution is 0.104. The summed E-state index contributed by atoms with van der Waals surface area (Å²) in [4.78, 5) is 12.5. The van der Waals surface area contributed by atoms with Crippen LogP contribution in [0.15, 0.2) is 52.9 Å². The van der Waals surface area contributed by atoms with Crippen molar-refractivity contribution in [3.8, 4) is 0 Å². The van der Waals surface area contributed by atoms with E-state index in [1.54, 1.807) is 30.3 Å². The maximum atomic E-state index is 12.5. The Kier molecular flexibility index (Phi) is 2.76. The Morgan fingerprint density at radius 1 is 1.05 bits per heavy atom. The van der Waals surface area contributed by atoms with Gasteiger partial charge in [0.15, 0.2) is 5.78 Å². The molecule has 0 aliphatic heterocycles. The SMILES string of the molecule is Nc1oc2ccccc2c1C(=O)c1ccc(Cl)cc1. The number of hydrogen-bond acceptors (Lipinski definition) is 3. The smallest absolute Gasteiger partial charge is 0.202 e. The van der Waals surface area contributed by atoms with Gasteiger partial charge in [-0.3, -0.25) is 4.79 Å². The molecule has 0 bridgehead atoms. The fourth-order valence-electron chi connectivity index (χ4n) is 2.04. The summed E-state index contributed by atoms with van der Waals surface area (Å²) in [7, 11) is 0. The maximum absolute atomic E-state index is 12.5. The minimum absolute atomic E-state index is 0.140. The number of fused-ring (bicyclic) bond motifs is 1. The van der Waals surface area contributed by atoms with Gasteiger partial charge in [-0.2, -0.15) is 0 Å². The average molecular weight is 272 g/mol. The van der Waals surface area contributed by atoms with Crippen molar-refractivity contribution in [3.05, 3.63) is 64.7 Å².